The number of hydrogen-bond acceptors (Lipinski definition) is 5. The molecule has 0 radical (unpaired) electrons. The number of methoxy groups -OCH3 is 1. The Morgan fingerprint density at radius 2 is 2.00 bits per heavy atom. The molecule has 1 aliphatic rings. The molecule has 6 heteroatoms. The van der Waals surface area contributed by atoms with Crippen LogP contribution in [0.2, 0.25) is 0 Å². The molecule has 1 amide bonds. The Morgan fingerprint density at radius 3 is 2.72 bits per heavy atom. The van der Waals surface area contributed by atoms with Crippen LogP contribution in [0.15, 0.2) is 42.6 Å². The van der Waals surface area contributed by atoms with Crippen LogP contribution >= 0.6 is 0 Å². The Bertz CT molecular complexity index is 697. The fourth-order valence-corrected chi connectivity index (χ4v) is 2.75. The first kappa shape index (κ1) is 17.4. The number of amides is 1. The van der Waals surface area contributed by atoms with Gasteiger partial charge in [0, 0.05) is 43.5 Å². The van der Waals surface area contributed by atoms with Crippen molar-refractivity contribution in [1.29, 1.82) is 0 Å². The minimum Gasteiger partial charge on any atom is -0.497 e. The molecule has 1 fully saturated rings. The van der Waals surface area contributed by atoms with Crippen molar-refractivity contribution >= 4 is 5.91 Å². The van der Waals surface area contributed by atoms with Crippen LogP contribution in [-0.4, -0.2) is 62.3 Å². The van der Waals surface area contributed by atoms with Gasteiger partial charge in [-0.15, -0.1) is 0 Å². The zero-order valence-corrected chi connectivity index (χ0v) is 14.4. The smallest absolute Gasteiger partial charge is 0.251 e. The molecule has 1 aromatic carbocycles. The highest BCUT2D eigenvalue weighted by atomic mass is 16.5. The second-order valence-corrected chi connectivity index (χ2v) is 5.87. The summed E-state index contributed by atoms with van der Waals surface area (Å²) < 4.78 is 10.5. The summed E-state index contributed by atoms with van der Waals surface area (Å²) in [6.07, 6.45) is 1.66. The summed E-state index contributed by atoms with van der Waals surface area (Å²) in [6, 6.07) is 11.2. The third kappa shape index (κ3) is 4.78. The highest BCUT2D eigenvalue weighted by molar-refractivity contribution is 5.95. The zero-order valence-electron chi connectivity index (χ0n) is 14.4. The summed E-state index contributed by atoms with van der Waals surface area (Å²) in [7, 11) is 1.63. The van der Waals surface area contributed by atoms with Crippen molar-refractivity contribution in [2.24, 2.45) is 0 Å². The van der Waals surface area contributed by atoms with Crippen LogP contribution in [0.1, 0.15) is 10.4 Å². The van der Waals surface area contributed by atoms with Crippen molar-refractivity contribution in [2.45, 2.75) is 0 Å². The van der Waals surface area contributed by atoms with Gasteiger partial charge in [0.05, 0.1) is 26.0 Å². The fraction of sp³-hybridized carbons (Fsp3) is 0.368. The van der Waals surface area contributed by atoms with E-state index in [0.717, 1.165) is 49.9 Å². The molecule has 2 aromatic rings. The maximum absolute atomic E-state index is 12.4. The van der Waals surface area contributed by atoms with Gasteiger partial charge in [0.2, 0.25) is 0 Å². The maximum atomic E-state index is 12.4. The third-order valence-corrected chi connectivity index (χ3v) is 4.23. The van der Waals surface area contributed by atoms with Gasteiger partial charge in [-0.1, -0.05) is 0 Å². The lowest BCUT2D eigenvalue weighted by atomic mass is 10.1. The Morgan fingerprint density at radius 1 is 1.24 bits per heavy atom. The van der Waals surface area contributed by atoms with E-state index in [2.05, 4.69) is 15.2 Å². The Hall–Kier alpha value is -2.44. The summed E-state index contributed by atoms with van der Waals surface area (Å²) in [5.41, 5.74) is 2.33. The van der Waals surface area contributed by atoms with Crippen LogP contribution in [0, 0.1) is 0 Å². The first-order chi connectivity index (χ1) is 12.3. The molecule has 6 nitrogen and oxygen atoms in total. The highest BCUT2D eigenvalue weighted by Gasteiger charge is 2.11. The molecule has 1 aromatic heterocycles. The number of rotatable bonds is 6. The van der Waals surface area contributed by atoms with Crippen LogP contribution in [0.25, 0.3) is 11.3 Å². The molecule has 1 aliphatic heterocycles. The van der Waals surface area contributed by atoms with Gasteiger partial charge in [-0.25, -0.2) is 0 Å². The molecule has 3 rings (SSSR count). The topological polar surface area (TPSA) is 63.7 Å². The number of carbonyl (C=O) groups excluding carboxylic acids is 1. The molecule has 1 N–H and O–H groups in total. The van der Waals surface area contributed by atoms with E-state index in [-0.39, 0.29) is 5.91 Å². The normalized spacial score (nSPS) is 14.9. The number of nitrogens with one attached hydrogen (secondary N) is 1. The molecule has 132 valence electrons. The van der Waals surface area contributed by atoms with Crippen molar-refractivity contribution in [3.8, 4) is 17.0 Å². The SMILES string of the molecule is COc1ccc(-c2cc(C(=O)NCCN3CCOCC3)ccn2)cc1. The van der Waals surface area contributed by atoms with Crippen LogP contribution < -0.4 is 10.1 Å². The van der Waals surface area contributed by atoms with Gasteiger partial charge in [-0.2, -0.15) is 0 Å². The zero-order chi connectivity index (χ0) is 17.5. The minimum absolute atomic E-state index is 0.0783. The Kier molecular flexibility index (Phi) is 5.98. The average molecular weight is 341 g/mol. The van der Waals surface area contributed by atoms with Crippen LogP contribution in [0.5, 0.6) is 5.75 Å². The first-order valence-electron chi connectivity index (χ1n) is 8.45. The van der Waals surface area contributed by atoms with Gasteiger partial charge in [0.15, 0.2) is 0 Å². The monoisotopic (exact) mass is 341 g/mol. The molecule has 0 atom stereocenters. The molecule has 0 aliphatic carbocycles. The average Bonchev–Trinajstić information content (AvgIpc) is 2.69. The van der Waals surface area contributed by atoms with E-state index in [1.165, 1.54) is 0 Å². The number of carbonyl (C=O) groups is 1. The van der Waals surface area contributed by atoms with Crippen LogP contribution in [0.3, 0.4) is 0 Å². The summed E-state index contributed by atoms with van der Waals surface area (Å²) in [5.74, 6) is 0.714. The molecule has 0 saturated carbocycles. The van der Waals surface area contributed by atoms with E-state index in [1.807, 2.05) is 30.3 Å². The van der Waals surface area contributed by atoms with E-state index >= 15 is 0 Å². The second kappa shape index (κ2) is 8.60. The molecular formula is C19H23N3O3. The third-order valence-electron chi connectivity index (χ3n) is 4.23. The summed E-state index contributed by atoms with van der Waals surface area (Å²) in [6.45, 7) is 4.84. The number of ether oxygens (including phenoxy) is 2. The number of nitrogens with zero attached hydrogens (tertiary/aromatic N) is 2. The maximum Gasteiger partial charge on any atom is 0.251 e. The summed E-state index contributed by atoms with van der Waals surface area (Å²) in [4.78, 5) is 19.0. The lowest BCUT2D eigenvalue weighted by molar-refractivity contribution is 0.0383. The van der Waals surface area contributed by atoms with Crippen LogP contribution in [0.4, 0.5) is 0 Å². The standard InChI is InChI=1S/C19H23N3O3/c1-24-17-4-2-15(3-5-17)18-14-16(6-7-20-18)19(23)21-8-9-22-10-12-25-13-11-22/h2-7,14H,8-13H2,1H3,(H,21,23). The molecule has 1 saturated heterocycles. The van der Waals surface area contributed by atoms with Gasteiger partial charge < -0.3 is 14.8 Å². The van der Waals surface area contributed by atoms with Crippen LogP contribution in [-0.2, 0) is 4.74 Å². The predicted molar refractivity (Wildman–Crippen MR) is 95.8 cm³/mol. The number of aromatic nitrogens is 1. The summed E-state index contributed by atoms with van der Waals surface area (Å²) in [5, 5.41) is 2.97. The largest absolute Gasteiger partial charge is 0.497 e. The van der Waals surface area contributed by atoms with Crippen molar-refractivity contribution in [2.75, 3.05) is 46.5 Å². The van der Waals surface area contributed by atoms with Gasteiger partial charge in [-0.3, -0.25) is 14.7 Å². The molecular weight excluding hydrogens is 318 g/mol. The van der Waals surface area contributed by atoms with Gasteiger partial charge in [0.25, 0.3) is 5.91 Å². The number of benzene rings is 1. The second-order valence-electron chi connectivity index (χ2n) is 5.87. The number of morpholine rings is 1. The van der Waals surface area contributed by atoms with Gasteiger partial charge in [0.1, 0.15) is 5.75 Å². The molecule has 0 spiro atoms. The number of pyridine rings is 1. The fourth-order valence-electron chi connectivity index (χ4n) is 2.75. The van der Waals surface area contributed by atoms with Crippen molar-refractivity contribution in [1.82, 2.24) is 15.2 Å². The van der Waals surface area contributed by atoms with E-state index in [0.29, 0.717) is 12.1 Å². The van der Waals surface area contributed by atoms with E-state index in [1.54, 1.807) is 19.4 Å². The van der Waals surface area contributed by atoms with Crippen molar-refractivity contribution in [3.63, 3.8) is 0 Å². The lowest BCUT2D eigenvalue weighted by Crippen LogP contribution is -2.41. The van der Waals surface area contributed by atoms with Gasteiger partial charge >= 0.3 is 0 Å². The Labute approximate surface area is 147 Å². The molecule has 0 unspecified atom stereocenters. The molecule has 25 heavy (non-hydrogen) atoms. The van der Waals surface area contributed by atoms with Crippen molar-refractivity contribution in [3.05, 3.63) is 48.2 Å². The summed E-state index contributed by atoms with van der Waals surface area (Å²) >= 11 is 0. The van der Waals surface area contributed by atoms with E-state index in [4.69, 9.17) is 9.47 Å². The van der Waals surface area contributed by atoms with E-state index < -0.39 is 0 Å². The van der Waals surface area contributed by atoms with E-state index in [9.17, 15) is 4.79 Å². The Balaban J connectivity index is 1.58. The highest BCUT2D eigenvalue weighted by Crippen LogP contribution is 2.21. The predicted octanol–water partition coefficient (Wildman–Crippen LogP) is 1.82. The number of hydrogen-bond donors (Lipinski definition) is 1. The minimum atomic E-state index is -0.0783. The first-order valence-corrected chi connectivity index (χ1v) is 8.45. The van der Waals surface area contributed by atoms with Gasteiger partial charge in [-0.05, 0) is 36.4 Å². The molecule has 0 bridgehead atoms. The quantitative estimate of drug-likeness (QED) is 0.868. The lowest BCUT2D eigenvalue weighted by Gasteiger charge is -2.26. The molecule has 2 heterocycles. The van der Waals surface area contributed by atoms with Crippen molar-refractivity contribution < 1.29 is 14.3 Å².